The number of nitrogens with zero attached hydrogens (tertiary/aromatic N) is 3. The lowest BCUT2D eigenvalue weighted by molar-refractivity contribution is 0.184. The first-order chi connectivity index (χ1) is 11.3. The molecule has 0 N–H and O–H groups in total. The van der Waals surface area contributed by atoms with Crippen LogP contribution >= 0.6 is 23.1 Å². The van der Waals surface area contributed by atoms with Crippen molar-refractivity contribution < 1.29 is 4.74 Å². The minimum absolute atomic E-state index is 0.0206. The summed E-state index contributed by atoms with van der Waals surface area (Å²) in [7, 11) is 1.67. The van der Waals surface area contributed by atoms with Crippen molar-refractivity contribution in [3.05, 3.63) is 57.0 Å². The lowest BCUT2D eigenvalue weighted by atomic mass is 10.2. The minimum atomic E-state index is 0.0206. The summed E-state index contributed by atoms with van der Waals surface area (Å²) in [6, 6.07) is 7.43. The summed E-state index contributed by atoms with van der Waals surface area (Å²) in [6.45, 7) is 1.21. The third kappa shape index (κ3) is 3.99. The van der Waals surface area contributed by atoms with Gasteiger partial charge in [-0.25, -0.2) is 9.97 Å². The molecule has 0 amide bonds. The fraction of sp³-hybridized carbons (Fsp3) is 0.312. The van der Waals surface area contributed by atoms with Gasteiger partial charge in [0.15, 0.2) is 0 Å². The summed E-state index contributed by atoms with van der Waals surface area (Å²) < 4.78 is 6.74. The maximum atomic E-state index is 12.4. The SMILES string of the molecule is COCc1nc(CSCCn2cnc3ccccc3c2=O)cs1. The normalized spacial score (nSPS) is 11.2. The zero-order valence-electron chi connectivity index (χ0n) is 12.8. The van der Waals surface area contributed by atoms with Crippen molar-refractivity contribution in [3.63, 3.8) is 0 Å². The van der Waals surface area contributed by atoms with Crippen LogP contribution in [0.2, 0.25) is 0 Å². The van der Waals surface area contributed by atoms with Crippen LogP contribution in [-0.2, 0) is 23.6 Å². The number of para-hydroxylation sites is 1. The predicted octanol–water partition coefficient (Wildman–Crippen LogP) is 2.93. The van der Waals surface area contributed by atoms with E-state index < -0.39 is 0 Å². The van der Waals surface area contributed by atoms with Crippen molar-refractivity contribution in [2.24, 2.45) is 0 Å². The molecule has 0 saturated heterocycles. The Morgan fingerprint density at radius 3 is 3.09 bits per heavy atom. The van der Waals surface area contributed by atoms with E-state index in [1.54, 1.807) is 41.1 Å². The lowest BCUT2D eigenvalue weighted by Gasteiger charge is -2.06. The number of aromatic nitrogens is 3. The second-order valence-corrected chi connectivity index (χ2v) is 7.03. The molecule has 3 rings (SSSR count). The minimum Gasteiger partial charge on any atom is -0.378 e. The topological polar surface area (TPSA) is 57.0 Å². The number of benzene rings is 1. The van der Waals surface area contributed by atoms with Crippen LogP contribution in [0, 0.1) is 0 Å². The number of methoxy groups -OCH3 is 1. The van der Waals surface area contributed by atoms with Gasteiger partial charge in [0.05, 0.1) is 29.5 Å². The van der Waals surface area contributed by atoms with Crippen LogP contribution in [-0.4, -0.2) is 27.4 Å². The van der Waals surface area contributed by atoms with Crippen LogP contribution in [0.15, 0.2) is 40.8 Å². The first kappa shape index (κ1) is 16.2. The number of fused-ring (bicyclic) bond motifs is 1. The molecule has 0 bridgehead atoms. The molecule has 0 fully saturated rings. The number of thioether (sulfide) groups is 1. The number of thiazole rings is 1. The molecule has 0 aliphatic carbocycles. The Hall–Kier alpha value is -1.70. The Kier molecular flexibility index (Phi) is 5.43. The molecular formula is C16H17N3O2S2. The van der Waals surface area contributed by atoms with Crippen molar-refractivity contribution >= 4 is 34.0 Å². The Balaban J connectivity index is 1.56. The molecular weight excluding hydrogens is 330 g/mol. The van der Waals surface area contributed by atoms with Crippen molar-refractivity contribution in [3.8, 4) is 0 Å². The Morgan fingerprint density at radius 1 is 1.35 bits per heavy atom. The molecule has 0 unspecified atom stereocenters. The molecule has 0 atom stereocenters. The zero-order valence-corrected chi connectivity index (χ0v) is 14.4. The second kappa shape index (κ2) is 7.72. The predicted molar refractivity (Wildman–Crippen MR) is 95.0 cm³/mol. The molecule has 0 aliphatic heterocycles. The second-order valence-electron chi connectivity index (χ2n) is 4.98. The van der Waals surface area contributed by atoms with E-state index >= 15 is 0 Å². The van der Waals surface area contributed by atoms with Crippen LogP contribution in [0.4, 0.5) is 0 Å². The van der Waals surface area contributed by atoms with Gasteiger partial charge in [0.25, 0.3) is 5.56 Å². The molecule has 5 nitrogen and oxygen atoms in total. The Labute approximate surface area is 142 Å². The van der Waals surface area contributed by atoms with E-state index in [1.807, 2.05) is 24.3 Å². The van der Waals surface area contributed by atoms with Gasteiger partial charge < -0.3 is 4.74 Å². The summed E-state index contributed by atoms with van der Waals surface area (Å²) >= 11 is 3.38. The largest absolute Gasteiger partial charge is 0.378 e. The quantitative estimate of drug-likeness (QED) is 0.615. The summed E-state index contributed by atoms with van der Waals surface area (Å²) in [6.07, 6.45) is 1.63. The highest BCUT2D eigenvalue weighted by Gasteiger charge is 2.04. The summed E-state index contributed by atoms with van der Waals surface area (Å²) in [4.78, 5) is 21.2. The molecule has 0 spiro atoms. The highest BCUT2D eigenvalue weighted by Crippen LogP contribution is 2.16. The molecule has 7 heteroatoms. The van der Waals surface area contributed by atoms with Crippen LogP contribution in [0.5, 0.6) is 0 Å². The molecule has 1 aromatic carbocycles. The van der Waals surface area contributed by atoms with Crippen molar-refractivity contribution in [1.29, 1.82) is 0 Å². The molecule has 23 heavy (non-hydrogen) atoms. The molecule has 120 valence electrons. The van der Waals surface area contributed by atoms with Gasteiger partial charge in [-0.15, -0.1) is 11.3 Å². The maximum absolute atomic E-state index is 12.4. The van der Waals surface area contributed by atoms with E-state index in [-0.39, 0.29) is 5.56 Å². The van der Waals surface area contributed by atoms with E-state index in [0.717, 1.165) is 27.7 Å². The summed E-state index contributed by atoms with van der Waals surface area (Å²) in [5.41, 5.74) is 1.83. The Morgan fingerprint density at radius 2 is 2.22 bits per heavy atom. The first-order valence-corrected chi connectivity index (χ1v) is 9.25. The van der Waals surface area contributed by atoms with Gasteiger partial charge in [0.2, 0.25) is 0 Å². The molecule has 0 aliphatic rings. The van der Waals surface area contributed by atoms with Crippen LogP contribution in [0.3, 0.4) is 0 Å². The van der Waals surface area contributed by atoms with Gasteiger partial charge in [0, 0.05) is 30.5 Å². The fourth-order valence-corrected chi connectivity index (χ4v) is 3.91. The van der Waals surface area contributed by atoms with Crippen molar-refractivity contribution in [2.75, 3.05) is 12.9 Å². The van der Waals surface area contributed by atoms with Gasteiger partial charge in [-0.2, -0.15) is 11.8 Å². The van der Waals surface area contributed by atoms with Crippen LogP contribution < -0.4 is 5.56 Å². The molecule has 2 aromatic heterocycles. The average Bonchev–Trinajstić information content (AvgIpc) is 3.01. The first-order valence-electron chi connectivity index (χ1n) is 7.22. The third-order valence-corrected chi connectivity index (χ3v) is 5.17. The highest BCUT2D eigenvalue weighted by molar-refractivity contribution is 7.98. The Bertz CT molecular complexity index is 844. The van der Waals surface area contributed by atoms with Crippen LogP contribution in [0.25, 0.3) is 10.9 Å². The molecule has 2 heterocycles. The standard InChI is InChI=1S/C16H17N3O2S2/c1-21-8-15-18-12(10-23-15)9-22-7-6-19-11-17-14-5-3-2-4-13(14)16(19)20/h2-5,10-11H,6-9H2,1H3. The fourth-order valence-electron chi connectivity index (χ4n) is 2.21. The van der Waals surface area contributed by atoms with Gasteiger partial charge in [0.1, 0.15) is 5.01 Å². The van der Waals surface area contributed by atoms with E-state index in [4.69, 9.17) is 4.74 Å². The van der Waals surface area contributed by atoms with Crippen molar-refractivity contribution in [1.82, 2.24) is 14.5 Å². The number of ether oxygens (including phenoxy) is 1. The monoisotopic (exact) mass is 347 g/mol. The zero-order chi connectivity index (χ0) is 16.1. The van der Waals surface area contributed by atoms with Crippen LogP contribution in [0.1, 0.15) is 10.7 Å². The molecule has 0 radical (unpaired) electrons. The summed E-state index contributed by atoms with van der Waals surface area (Å²) in [5.74, 6) is 1.69. The molecule has 0 saturated carbocycles. The average molecular weight is 347 g/mol. The third-order valence-electron chi connectivity index (χ3n) is 3.33. The van der Waals surface area contributed by atoms with Gasteiger partial charge in [-0.3, -0.25) is 9.36 Å². The number of rotatable bonds is 7. The van der Waals surface area contributed by atoms with Gasteiger partial charge >= 0.3 is 0 Å². The number of aryl methyl sites for hydroxylation is 1. The maximum Gasteiger partial charge on any atom is 0.261 e. The number of hydrogen-bond donors (Lipinski definition) is 0. The van der Waals surface area contributed by atoms with E-state index in [0.29, 0.717) is 18.5 Å². The van der Waals surface area contributed by atoms with E-state index in [9.17, 15) is 4.79 Å². The lowest BCUT2D eigenvalue weighted by Crippen LogP contribution is -2.21. The van der Waals surface area contributed by atoms with E-state index in [2.05, 4.69) is 15.3 Å². The summed E-state index contributed by atoms with van der Waals surface area (Å²) in [5, 5.41) is 3.73. The number of hydrogen-bond acceptors (Lipinski definition) is 6. The van der Waals surface area contributed by atoms with Gasteiger partial charge in [-0.1, -0.05) is 12.1 Å². The van der Waals surface area contributed by atoms with Gasteiger partial charge in [-0.05, 0) is 12.1 Å². The highest BCUT2D eigenvalue weighted by atomic mass is 32.2. The van der Waals surface area contributed by atoms with E-state index in [1.165, 1.54) is 0 Å². The smallest absolute Gasteiger partial charge is 0.261 e. The van der Waals surface area contributed by atoms with Crippen molar-refractivity contribution in [2.45, 2.75) is 18.9 Å². The molecule has 3 aromatic rings.